The van der Waals surface area contributed by atoms with E-state index in [1.807, 2.05) is 24.3 Å². The summed E-state index contributed by atoms with van der Waals surface area (Å²) in [4.78, 5) is 11.4. The van der Waals surface area contributed by atoms with Crippen molar-refractivity contribution in [1.82, 2.24) is 0 Å². The molecule has 0 amide bonds. The van der Waals surface area contributed by atoms with Crippen LogP contribution in [-0.4, -0.2) is 7.09 Å². The Hall–Kier alpha value is -0.156. The van der Waals surface area contributed by atoms with E-state index >= 15 is 0 Å². The van der Waals surface area contributed by atoms with Crippen LogP contribution in [0.3, 0.4) is 0 Å². The van der Waals surface area contributed by atoms with Gasteiger partial charge >= 0.3 is 0 Å². The van der Waals surface area contributed by atoms with Crippen LogP contribution >= 0.6 is 22.4 Å². The molecular weight excluding hydrogens is 255 g/mol. The van der Waals surface area contributed by atoms with E-state index in [-0.39, 0.29) is 25.2 Å². The van der Waals surface area contributed by atoms with Gasteiger partial charge in [-0.1, -0.05) is 22.9 Å². The maximum atomic E-state index is 10.4. The van der Waals surface area contributed by atoms with Crippen LogP contribution < -0.4 is 0 Å². The van der Waals surface area contributed by atoms with Gasteiger partial charge in [0.15, 0.2) is 5.97 Å². The summed E-state index contributed by atoms with van der Waals surface area (Å²) in [6, 6.07) is 7.50. The zero-order chi connectivity index (χ0) is 10.4. The van der Waals surface area contributed by atoms with Crippen LogP contribution in [0.5, 0.6) is 0 Å². The number of thiol groups is 1. The summed E-state index contributed by atoms with van der Waals surface area (Å²) in [5.41, 5.74) is 0.918. The van der Waals surface area contributed by atoms with Gasteiger partial charge in [0.2, 0.25) is 0 Å². The van der Waals surface area contributed by atoms with E-state index < -0.39 is 5.97 Å². The third kappa shape index (κ3) is 4.91. The summed E-state index contributed by atoms with van der Waals surface area (Å²) in [7, 11) is 1.37. The van der Waals surface area contributed by atoms with E-state index in [1.165, 1.54) is 10.8 Å². The minimum atomic E-state index is -0.523. The van der Waals surface area contributed by atoms with Crippen molar-refractivity contribution in [3.8, 4) is 0 Å². The van der Waals surface area contributed by atoms with Crippen LogP contribution in [0.4, 0.5) is 0 Å². The van der Waals surface area contributed by atoms with Crippen molar-refractivity contribution in [3.05, 3.63) is 36.8 Å². The SMILES string of the molecule is [2H]SSc1ccc(COC([CH2-])=O)cc1.[V]. The van der Waals surface area contributed by atoms with Crippen LogP contribution in [0.25, 0.3) is 0 Å². The van der Waals surface area contributed by atoms with Crippen LogP contribution in [0.15, 0.2) is 29.2 Å². The molecule has 0 aromatic heterocycles. The molecular formula is C9H9O2S2V-. The van der Waals surface area contributed by atoms with Crippen LogP contribution in [0.1, 0.15) is 5.56 Å². The number of hydrogen-bond donors (Lipinski definition) is 1. The second kappa shape index (κ2) is 7.18. The Morgan fingerprint density at radius 3 is 2.71 bits per heavy atom. The van der Waals surface area contributed by atoms with Crippen molar-refractivity contribution in [3.63, 3.8) is 0 Å². The van der Waals surface area contributed by atoms with Gasteiger partial charge in [0.05, 0.1) is 0 Å². The molecule has 1 aromatic carbocycles. The molecule has 0 aliphatic heterocycles. The van der Waals surface area contributed by atoms with Gasteiger partial charge in [-0.05, 0) is 17.7 Å². The molecule has 0 aliphatic carbocycles. The second-order valence-corrected chi connectivity index (χ2v) is 3.53. The Bertz CT molecular complexity index is 305. The minimum Gasteiger partial charge on any atom is -0.484 e. The van der Waals surface area contributed by atoms with E-state index in [9.17, 15) is 4.79 Å². The van der Waals surface area contributed by atoms with E-state index in [2.05, 4.69) is 6.92 Å². The summed E-state index contributed by atoms with van der Waals surface area (Å²) in [6.45, 7) is 3.36. The molecule has 0 atom stereocenters. The third-order valence-corrected chi connectivity index (χ3v) is 2.46. The fourth-order valence-electron chi connectivity index (χ4n) is 0.805. The summed E-state index contributed by atoms with van der Waals surface area (Å²) in [5, 5.41) is 0. The van der Waals surface area contributed by atoms with Gasteiger partial charge in [0, 0.05) is 23.5 Å². The van der Waals surface area contributed by atoms with Gasteiger partial charge in [0.1, 0.15) is 7.73 Å². The molecule has 0 aliphatic rings. The fourth-order valence-corrected chi connectivity index (χ4v) is 1.39. The second-order valence-electron chi connectivity index (χ2n) is 2.39. The first-order chi connectivity index (χ1) is 6.72. The zero-order valence-corrected chi connectivity index (χ0v) is 10.3. The average molecular weight is 265 g/mol. The third-order valence-electron chi connectivity index (χ3n) is 1.42. The predicted molar refractivity (Wildman–Crippen MR) is 56.4 cm³/mol. The first kappa shape index (κ1) is 11.9. The largest absolute Gasteiger partial charge is 0.484 e. The number of esters is 1. The van der Waals surface area contributed by atoms with E-state index in [0.29, 0.717) is 0 Å². The van der Waals surface area contributed by atoms with Crippen molar-refractivity contribution in [2.75, 3.05) is 0 Å². The molecule has 2 nitrogen and oxygen atoms in total. The molecule has 14 heavy (non-hydrogen) atoms. The van der Waals surface area contributed by atoms with E-state index in [1.54, 1.807) is 0 Å². The fraction of sp³-hybridized carbons (Fsp3) is 0.111. The quantitative estimate of drug-likeness (QED) is 0.392. The molecule has 0 spiro atoms. The molecule has 0 heterocycles. The first-order valence-electron chi connectivity index (χ1n) is 4.00. The maximum absolute atomic E-state index is 10.4. The van der Waals surface area contributed by atoms with Crippen molar-refractivity contribution in [1.29, 1.82) is 1.12 Å². The van der Waals surface area contributed by atoms with Crippen molar-refractivity contribution in [2.24, 2.45) is 0 Å². The van der Waals surface area contributed by atoms with E-state index in [4.69, 9.17) is 5.86 Å². The van der Waals surface area contributed by atoms with Gasteiger partial charge < -0.3 is 4.74 Å². The molecule has 0 saturated heterocycles. The summed E-state index contributed by atoms with van der Waals surface area (Å²) in [6.07, 6.45) is 0. The standard InChI is InChI=1S/C9H9O2S2.V/c1-7(10)11-6-8-2-4-9(13-12)5-3-8;/h2-5,12H,1,6H2;/q-1;/i/hD. The monoisotopic (exact) mass is 265 g/mol. The predicted octanol–water partition coefficient (Wildman–Crippen LogP) is 2.50. The molecule has 0 bridgehead atoms. The van der Waals surface area contributed by atoms with Gasteiger partial charge in [-0.3, -0.25) is 11.7 Å². The van der Waals surface area contributed by atoms with Crippen molar-refractivity contribution >= 4 is 28.3 Å². The van der Waals surface area contributed by atoms with Gasteiger partial charge in [-0.25, -0.2) is 0 Å². The van der Waals surface area contributed by atoms with Crippen LogP contribution in [0, 0.1) is 6.92 Å². The van der Waals surface area contributed by atoms with E-state index in [0.717, 1.165) is 22.0 Å². The van der Waals surface area contributed by atoms with Crippen LogP contribution in [-0.2, 0) is 34.7 Å². The summed E-state index contributed by atoms with van der Waals surface area (Å²) >= 11 is 0.950. The number of rotatable bonds is 4. The Labute approximate surface area is 106 Å². The first-order valence-corrected chi connectivity index (χ1v) is 5.34. The van der Waals surface area contributed by atoms with Gasteiger partial charge in [-0.15, -0.1) is 11.6 Å². The molecule has 75 valence electrons. The maximum Gasteiger partial charge on any atom is 0.164 e. The number of ether oxygens (including phenoxy) is 1. The Balaban J connectivity index is 0.00000196. The molecule has 1 radical (unpaired) electrons. The van der Waals surface area contributed by atoms with Crippen LogP contribution in [0.2, 0.25) is 0 Å². The van der Waals surface area contributed by atoms with Crippen molar-refractivity contribution < 1.29 is 28.1 Å². The Morgan fingerprint density at radius 1 is 1.57 bits per heavy atom. The molecule has 0 fully saturated rings. The summed E-state index contributed by atoms with van der Waals surface area (Å²) in [5.74, 6) is -0.523. The number of carbonyl (C=O) groups is 1. The summed E-state index contributed by atoms with van der Waals surface area (Å²) < 4.78 is 11.7. The number of benzene rings is 1. The molecule has 1 rings (SSSR count). The molecule has 0 unspecified atom stereocenters. The van der Waals surface area contributed by atoms with Gasteiger partial charge in [-0.2, -0.15) is 0 Å². The average Bonchev–Trinajstić information content (AvgIpc) is 2.17. The van der Waals surface area contributed by atoms with Gasteiger partial charge in [0.25, 0.3) is 0 Å². The Morgan fingerprint density at radius 2 is 2.21 bits per heavy atom. The Kier molecular flexibility index (Phi) is 6.11. The smallest absolute Gasteiger partial charge is 0.164 e. The number of carbonyl (C=O) groups excluding carboxylic acids is 1. The molecule has 0 N–H and O–H groups in total. The number of hydrogen-bond acceptors (Lipinski definition) is 4. The molecule has 0 saturated carbocycles. The minimum absolute atomic E-state index is 0. The topological polar surface area (TPSA) is 26.3 Å². The normalized spacial score (nSPS) is 9.86. The zero-order valence-electron chi connectivity index (χ0n) is 8.30. The van der Waals surface area contributed by atoms with Crippen molar-refractivity contribution in [2.45, 2.75) is 11.5 Å². The molecule has 5 heteroatoms. The molecule has 1 aromatic rings.